The first kappa shape index (κ1) is 8.27. The molecule has 0 aromatic carbocycles. The van der Waals surface area contributed by atoms with E-state index in [-0.39, 0.29) is 11.8 Å². The van der Waals surface area contributed by atoms with Crippen molar-refractivity contribution in [1.82, 2.24) is 10.0 Å². The summed E-state index contributed by atoms with van der Waals surface area (Å²) in [5.41, 5.74) is 0. The fourth-order valence-electron chi connectivity index (χ4n) is 1.35. The van der Waals surface area contributed by atoms with E-state index in [9.17, 15) is 4.79 Å². The second-order valence-corrected chi connectivity index (χ2v) is 2.95. The van der Waals surface area contributed by atoms with Crippen LogP contribution in [-0.2, 0) is 4.79 Å². The number of amides is 1. The molecule has 0 N–H and O–H groups in total. The Hall–Kier alpha value is -0.830. The molecule has 0 aromatic heterocycles. The van der Waals surface area contributed by atoms with Crippen LogP contribution < -0.4 is 0 Å². The van der Waals surface area contributed by atoms with Crippen LogP contribution in [0.5, 0.6) is 0 Å². The van der Waals surface area contributed by atoms with Gasteiger partial charge in [0, 0.05) is 13.6 Å². The van der Waals surface area contributed by atoms with Gasteiger partial charge >= 0.3 is 0 Å². The molecule has 0 radical (unpaired) electrons. The van der Waals surface area contributed by atoms with Gasteiger partial charge in [-0.05, 0) is 0 Å². The van der Waals surface area contributed by atoms with Crippen molar-refractivity contribution in [3.63, 3.8) is 0 Å². The molecule has 0 saturated carbocycles. The van der Waals surface area contributed by atoms with Crippen LogP contribution in [-0.4, -0.2) is 36.1 Å². The van der Waals surface area contributed by atoms with E-state index in [1.807, 2.05) is 19.0 Å². The normalized spacial score (nSPS) is 26.2. The molecule has 62 valence electrons. The van der Waals surface area contributed by atoms with Gasteiger partial charge in [0.05, 0.1) is 12.5 Å². The zero-order chi connectivity index (χ0) is 8.43. The van der Waals surface area contributed by atoms with Crippen molar-refractivity contribution in [2.75, 3.05) is 20.1 Å². The number of nitrogens with zero attached hydrogens (tertiary/aromatic N) is 2. The van der Waals surface area contributed by atoms with Crippen molar-refractivity contribution >= 4 is 5.91 Å². The summed E-state index contributed by atoms with van der Waals surface area (Å²) in [5, 5.41) is 3.66. The van der Waals surface area contributed by atoms with E-state index in [1.165, 1.54) is 0 Å². The third kappa shape index (κ3) is 1.43. The van der Waals surface area contributed by atoms with Crippen LogP contribution in [0.3, 0.4) is 0 Å². The van der Waals surface area contributed by atoms with Crippen molar-refractivity contribution in [2.45, 2.75) is 6.92 Å². The van der Waals surface area contributed by atoms with Crippen molar-refractivity contribution in [3.8, 4) is 0 Å². The highest BCUT2D eigenvalue weighted by Gasteiger charge is 2.31. The van der Waals surface area contributed by atoms with Crippen LogP contribution in [0.2, 0.25) is 0 Å². The van der Waals surface area contributed by atoms with Gasteiger partial charge in [-0.1, -0.05) is 13.0 Å². The lowest BCUT2D eigenvalue weighted by Gasteiger charge is -2.21. The molecule has 3 heteroatoms. The summed E-state index contributed by atoms with van der Waals surface area (Å²) in [7, 11) is 1.92. The number of hydrogen-bond donors (Lipinski definition) is 0. The number of hydrazine groups is 1. The molecule has 11 heavy (non-hydrogen) atoms. The monoisotopic (exact) mass is 154 g/mol. The molecule has 0 aromatic rings. The molecule has 3 nitrogen and oxygen atoms in total. The van der Waals surface area contributed by atoms with Crippen LogP contribution in [0, 0.1) is 5.92 Å². The molecule has 1 amide bonds. The van der Waals surface area contributed by atoms with Gasteiger partial charge in [0.25, 0.3) is 0 Å². The fourth-order valence-corrected chi connectivity index (χ4v) is 1.35. The van der Waals surface area contributed by atoms with E-state index in [0.29, 0.717) is 6.54 Å². The minimum atomic E-state index is 0.139. The van der Waals surface area contributed by atoms with Gasteiger partial charge in [-0.3, -0.25) is 9.80 Å². The maximum Gasteiger partial charge on any atom is 0.241 e. The molecule has 0 spiro atoms. The maximum atomic E-state index is 11.3. The molecule has 0 aliphatic carbocycles. The summed E-state index contributed by atoms with van der Waals surface area (Å²) in [6.45, 7) is 6.99. The predicted molar refractivity (Wildman–Crippen MR) is 43.7 cm³/mol. The zero-order valence-corrected chi connectivity index (χ0v) is 7.08. The Kier molecular flexibility index (Phi) is 2.29. The molecular weight excluding hydrogens is 140 g/mol. The number of carbonyl (C=O) groups is 1. The molecule has 1 unspecified atom stereocenters. The van der Waals surface area contributed by atoms with Gasteiger partial charge in [0.1, 0.15) is 0 Å². The summed E-state index contributed by atoms with van der Waals surface area (Å²) in [6.07, 6.45) is 1.74. The maximum absolute atomic E-state index is 11.3. The lowest BCUT2D eigenvalue weighted by molar-refractivity contribution is -0.137. The average molecular weight is 154 g/mol. The Bertz CT molecular complexity index is 179. The standard InChI is InChI=1S/C8H14N2O/c1-4-5-10-8(11)7(2)6-9(10)3/h4,7H,1,5-6H2,2-3H3. The van der Waals surface area contributed by atoms with Gasteiger partial charge in [0.15, 0.2) is 0 Å². The van der Waals surface area contributed by atoms with E-state index in [1.54, 1.807) is 11.1 Å². The smallest absolute Gasteiger partial charge is 0.241 e. The minimum absolute atomic E-state index is 0.139. The Balaban J connectivity index is 2.63. The highest BCUT2D eigenvalue weighted by Crippen LogP contribution is 2.14. The number of carbonyl (C=O) groups excluding carboxylic acids is 1. The molecule has 0 bridgehead atoms. The highest BCUT2D eigenvalue weighted by molar-refractivity contribution is 5.80. The second kappa shape index (κ2) is 3.05. The van der Waals surface area contributed by atoms with Crippen molar-refractivity contribution < 1.29 is 4.79 Å². The molecule has 1 fully saturated rings. The minimum Gasteiger partial charge on any atom is -0.273 e. The lowest BCUT2D eigenvalue weighted by Crippen LogP contribution is -2.36. The van der Waals surface area contributed by atoms with Crippen LogP contribution >= 0.6 is 0 Å². The Morgan fingerprint density at radius 3 is 2.82 bits per heavy atom. The first-order valence-corrected chi connectivity index (χ1v) is 3.80. The van der Waals surface area contributed by atoms with Crippen LogP contribution in [0.15, 0.2) is 12.7 Å². The van der Waals surface area contributed by atoms with E-state index in [2.05, 4.69) is 6.58 Å². The van der Waals surface area contributed by atoms with Gasteiger partial charge in [0.2, 0.25) is 5.91 Å². The Morgan fingerprint density at radius 2 is 2.45 bits per heavy atom. The van der Waals surface area contributed by atoms with E-state index >= 15 is 0 Å². The summed E-state index contributed by atoms with van der Waals surface area (Å²) < 4.78 is 0. The Morgan fingerprint density at radius 1 is 1.82 bits per heavy atom. The van der Waals surface area contributed by atoms with Gasteiger partial charge < -0.3 is 0 Å². The molecule has 1 aliphatic heterocycles. The summed E-state index contributed by atoms with van der Waals surface area (Å²) in [6, 6.07) is 0. The van der Waals surface area contributed by atoms with Gasteiger partial charge in [-0.2, -0.15) is 0 Å². The predicted octanol–water partition coefficient (Wildman–Crippen LogP) is 0.498. The quantitative estimate of drug-likeness (QED) is 0.541. The van der Waals surface area contributed by atoms with Crippen LogP contribution in [0.25, 0.3) is 0 Å². The molecular formula is C8H14N2O. The summed E-state index contributed by atoms with van der Waals surface area (Å²) in [5.74, 6) is 0.340. The Labute approximate surface area is 67.2 Å². The van der Waals surface area contributed by atoms with Crippen LogP contribution in [0.1, 0.15) is 6.92 Å². The molecule has 1 heterocycles. The third-order valence-electron chi connectivity index (χ3n) is 1.93. The molecule has 1 atom stereocenters. The van der Waals surface area contributed by atoms with E-state index in [0.717, 1.165) is 6.54 Å². The topological polar surface area (TPSA) is 23.6 Å². The van der Waals surface area contributed by atoms with E-state index < -0.39 is 0 Å². The lowest BCUT2D eigenvalue weighted by atomic mass is 10.2. The summed E-state index contributed by atoms with van der Waals surface area (Å²) >= 11 is 0. The van der Waals surface area contributed by atoms with Crippen LogP contribution in [0.4, 0.5) is 0 Å². The third-order valence-corrected chi connectivity index (χ3v) is 1.93. The second-order valence-electron chi connectivity index (χ2n) is 2.95. The molecule has 1 rings (SSSR count). The number of rotatable bonds is 2. The van der Waals surface area contributed by atoms with Crippen molar-refractivity contribution in [3.05, 3.63) is 12.7 Å². The zero-order valence-electron chi connectivity index (χ0n) is 7.08. The fraction of sp³-hybridized carbons (Fsp3) is 0.625. The summed E-state index contributed by atoms with van der Waals surface area (Å²) in [4.78, 5) is 11.3. The molecule has 1 saturated heterocycles. The first-order chi connectivity index (χ1) is 5.16. The largest absolute Gasteiger partial charge is 0.273 e. The van der Waals surface area contributed by atoms with Gasteiger partial charge in [-0.25, -0.2) is 5.01 Å². The first-order valence-electron chi connectivity index (χ1n) is 3.80. The molecule has 1 aliphatic rings. The average Bonchev–Trinajstić information content (AvgIpc) is 2.17. The highest BCUT2D eigenvalue weighted by atomic mass is 16.2. The van der Waals surface area contributed by atoms with Crippen molar-refractivity contribution in [1.29, 1.82) is 0 Å². The van der Waals surface area contributed by atoms with E-state index in [4.69, 9.17) is 0 Å². The van der Waals surface area contributed by atoms with Crippen molar-refractivity contribution in [2.24, 2.45) is 5.92 Å². The number of hydrogen-bond acceptors (Lipinski definition) is 2. The van der Waals surface area contributed by atoms with Gasteiger partial charge in [-0.15, -0.1) is 6.58 Å². The SMILES string of the molecule is C=CCN1C(=O)C(C)CN1C.